The van der Waals surface area contributed by atoms with Crippen molar-refractivity contribution in [3.05, 3.63) is 16.6 Å². The molecule has 0 radical (unpaired) electrons. The quantitative estimate of drug-likeness (QED) is 0.339. The van der Waals surface area contributed by atoms with E-state index < -0.39 is 28.9 Å². The predicted octanol–water partition coefficient (Wildman–Crippen LogP) is 2.81. The van der Waals surface area contributed by atoms with Gasteiger partial charge in [-0.1, -0.05) is 13.8 Å². The molecule has 4 amide bonds. The summed E-state index contributed by atoms with van der Waals surface area (Å²) in [6.07, 6.45) is 7.88. The summed E-state index contributed by atoms with van der Waals surface area (Å²) in [6.45, 7) is 9.44. The highest BCUT2D eigenvalue weighted by molar-refractivity contribution is 7.11. The second kappa shape index (κ2) is 14.9. The Morgan fingerprint density at radius 3 is 2.37 bits per heavy atom. The van der Waals surface area contributed by atoms with Crippen LogP contribution in [0.15, 0.2) is 11.7 Å². The molecule has 13 heteroatoms. The van der Waals surface area contributed by atoms with Gasteiger partial charge in [0.1, 0.15) is 10.9 Å². The SMILES string of the molecule is COC[C@H]1CCCN(C(=O)[C@@H](NC(=O)[C@@H]2CN(C(=O)c3cncs3)CC23CN(C(=O)C(C)(C)C2CC2)C3)[C@@H](C)OCC2CCC(O)CC2)C1. The molecule has 2 aliphatic carbocycles. The number of piperidine rings is 1. The number of carbonyl (C=O) groups is 4. The van der Waals surface area contributed by atoms with Gasteiger partial charge in [-0.05, 0) is 76.0 Å². The molecule has 1 aromatic rings. The van der Waals surface area contributed by atoms with Crippen molar-refractivity contribution in [2.24, 2.45) is 34.5 Å². The number of aliphatic hydroxyl groups excluding tert-OH is 1. The lowest BCUT2D eigenvalue weighted by atomic mass is 9.69. The van der Waals surface area contributed by atoms with Gasteiger partial charge in [-0.15, -0.1) is 11.3 Å². The van der Waals surface area contributed by atoms with Crippen LogP contribution in [-0.4, -0.2) is 126 Å². The Kier molecular flexibility index (Phi) is 11.0. The molecule has 0 bridgehead atoms. The van der Waals surface area contributed by atoms with E-state index in [9.17, 15) is 24.3 Å². The van der Waals surface area contributed by atoms with Gasteiger partial charge in [0.15, 0.2) is 0 Å². The maximum atomic E-state index is 14.5. The van der Waals surface area contributed by atoms with E-state index in [4.69, 9.17) is 9.47 Å². The number of ether oxygens (including phenoxy) is 2. The molecular weight excluding hydrogens is 646 g/mol. The van der Waals surface area contributed by atoms with Crippen LogP contribution in [-0.2, 0) is 23.9 Å². The van der Waals surface area contributed by atoms with E-state index in [1.54, 1.807) is 23.7 Å². The van der Waals surface area contributed by atoms with E-state index in [1.165, 1.54) is 11.3 Å². The number of methoxy groups -OCH3 is 1. The fourth-order valence-electron chi connectivity index (χ4n) is 8.69. The van der Waals surface area contributed by atoms with Crippen LogP contribution >= 0.6 is 11.3 Å². The van der Waals surface area contributed by atoms with Crippen molar-refractivity contribution in [2.75, 3.05) is 59.6 Å². The lowest BCUT2D eigenvalue weighted by Crippen LogP contribution is -2.67. The molecule has 2 saturated carbocycles. The number of aliphatic hydroxyl groups is 1. The number of likely N-dealkylation sites (tertiary alicyclic amines) is 3. The van der Waals surface area contributed by atoms with Gasteiger partial charge < -0.3 is 34.6 Å². The zero-order chi connectivity index (χ0) is 34.9. The lowest BCUT2D eigenvalue weighted by molar-refractivity contribution is -0.159. The second-order valence-corrected chi connectivity index (χ2v) is 17.0. The Bertz CT molecular complexity index is 1340. The second-order valence-electron chi connectivity index (χ2n) is 16.1. The zero-order valence-electron chi connectivity index (χ0n) is 29.6. The van der Waals surface area contributed by atoms with Gasteiger partial charge in [-0.3, -0.25) is 24.2 Å². The van der Waals surface area contributed by atoms with Gasteiger partial charge in [0, 0.05) is 63.8 Å². The fourth-order valence-corrected chi connectivity index (χ4v) is 9.28. The van der Waals surface area contributed by atoms with E-state index in [1.807, 2.05) is 30.6 Å². The third-order valence-electron chi connectivity index (χ3n) is 12.0. The van der Waals surface area contributed by atoms with Crippen molar-refractivity contribution in [2.45, 2.75) is 90.4 Å². The van der Waals surface area contributed by atoms with E-state index in [-0.39, 0.29) is 42.2 Å². The summed E-state index contributed by atoms with van der Waals surface area (Å²) in [5.41, 5.74) is 0.568. The summed E-state index contributed by atoms with van der Waals surface area (Å²) in [4.78, 5) is 65.9. The first-order valence-electron chi connectivity index (χ1n) is 18.3. The minimum Gasteiger partial charge on any atom is -0.393 e. The third kappa shape index (κ3) is 7.84. The molecule has 272 valence electrons. The summed E-state index contributed by atoms with van der Waals surface area (Å²) in [6, 6.07) is -0.905. The van der Waals surface area contributed by atoms with Crippen LogP contribution in [0.5, 0.6) is 0 Å². The molecule has 1 spiro atoms. The molecule has 3 saturated heterocycles. The molecule has 3 aliphatic heterocycles. The van der Waals surface area contributed by atoms with Crippen molar-refractivity contribution in [3.63, 3.8) is 0 Å². The van der Waals surface area contributed by atoms with E-state index >= 15 is 0 Å². The first-order chi connectivity index (χ1) is 23.4. The van der Waals surface area contributed by atoms with Crippen molar-refractivity contribution in [3.8, 4) is 0 Å². The smallest absolute Gasteiger partial charge is 0.265 e. The van der Waals surface area contributed by atoms with Gasteiger partial charge in [-0.25, -0.2) is 0 Å². The highest BCUT2D eigenvalue weighted by Crippen LogP contribution is 2.50. The Morgan fingerprint density at radius 2 is 1.71 bits per heavy atom. The van der Waals surface area contributed by atoms with E-state index in [0.29, 0.717) is 62.7 Å². The summed E-state index contributed by atoms with van der Waals surface area (Å²) >= 11 is 1.27. The van der Waals surface area contributed by atoms with Gasteiger partial charge in [0.2, 0.25) is 17.7 Å². The number of rotatable bonds is 12. The van der Waals surface area contributed by atoms with Crippen LogP contribution in [0.25, 0.3) is 0 Å². The number of nitrogens with zero attached hydrogens (tertiary/aromatic N) is 4. The van der Waals surface area contributed by atoms with Crippen LogP contribution in [0.2, 0.25) is 0 Å². The van der Waals surface area contributed by atoms with E-state index in [0.717, 1.165) is 51.4 Å². The molecular formula is C36H55N5O7S. The third-order valence-corrected chi connectivity index (χ3v) is 12.8. The first kappa shape index (κ1) is 36.2. The standard InChI is InChI=1S/C36H55N5O7S/c1-23(48-18-24-7-11-27(42)12-8-24)30(33(45)39-13-5-6-25(15-39)17-47-4)38-31(43)28-16-40(32(44)29-14-37-22-49-29)19-36(28)20-41(21-36)34(46)35(2,3)26-9-10-26/h14,22-28,30,42H,5-13,15-21H2,1-4H3,(H,38,43)/t23-,24?,25+,27?,28+,30+/m1/s1. The molecule has 4 atom stereocenters. The number of hydrogen-bond donors (Lipinski definition) is 2. The Labute approximate surface area is 294 Å². The Balaban J connectivity index is 1.20. The molecule has 6 rings (SSSR count). The Hall–Kier alpha value is -2.61. The van der Waals surface area contributed by atoms with Crippen LogP contribution in [0.3, 0.4) is 0 Å². The molecule has 0 unspecified atom stereocenters. The monoisotopic (exact) mass is 701 g/mol. The highest BCUT2D eigenvalue weighted by Gasteiger charge is 2.61. The van der Waals surface area contributed by atoms with Crippen molar-refractivity contribution < 1.29 is 33.8 Å². The van der Waals surface area contributed by atoms with Gasteiger partial charge >= 0.3 is 0 Å². The summed E-state index contributed by atoms with van der Waals surface area (Å²) in [5.74, 6) is -0.202. The van der Waals surface area contributed by atoms with Gasteiger partial charge in [-0.2, -0.15) is 0 Å². The Morgan fingerprint density at radius 1 is 1.00 bits per heavy atom. The fraction of sp³-hybridized carbons (Fsp3) is 0.806. The number of amides is 4. The van der Waals surface area contributed by atoms with Crippen LogP contribution in [0.1, 0.15) is 81.8 Å². The molecule has 12 nitrogen and oxygen atoms in total. The van der Waals surface area contributed by atoms with Gasteiger partial charge in [0.25, 0.3) is 5.91 Å². The normalized spacial score (nSPS) is 28.2. The molecule has 1 aromatic heterocycles. The van der Waals surface area contributed by atoms with Crippen LogP contribution in [0.4, 0.5) is 0 Å². The molecule has 49 heavy (non-hydrogen) atoms. The number of nitrogens with one attached hydrogen (secondary N) is 1. The molecule has 4 heterocycles. The average Bonchev–Trinajstić information content (AvgIpc) is 3.65. The summed E-state index contributed by atoms with van der Waals surface area (Å²) < 4.78 is 11.8. The number of hydrogen-bond acceptors (Lipinski definition) is 9. The number of carbonyl (C=O) groups excluding carboxylic acids is 4. The van der Waals surface area contributed by atoms with Gasteiger partial charge in [0.05, 0.1) is 36.4 Å². The number of thiazole rings is 1. The minimum atomic E-state index is -0.905. The van der Waals surface area contributed by atoms with E-state index in [2.05, 4.69) is 10.3 Å². The molecule has 5 fully saturated rings. The summed E-state index contributed by atoms with van der Waals surface area (Å²) in [7, 11) is 1.67. The topological polar surface area (TPSA) is 142 Å². The minimum absolute atomic E-state index is 0.105. The van der Waals surface area contributed by atoms with Crippen molar-refractivity contribution >= 4 is 35.0 Å². The first-order valence-corrected chi connectivity index (χ1v) is 19.1. The average molecular weight is 702 g/mol. The molecule has 0 aromatic carbocycles. The predicted molar refractivity (Wildman–Crippen MR) is 184 cm³/mol. The number of aromatic nitrogens is 1. The maximum Gasteiger partial charge on any atom is 0.265 e. The largest absolute Gasteiger partial charge is 0.393 e. The van der Waals surface area contributed by atoms with Crippen LogP contribution in [0, 0.1) is 34.5 Å². The van der Waals surface area contributed by atoms with Crippen molar-refractivity contribution in [1.82, 2.24) is 25.0 Å². The lowest BCUT2D eigenvalue weighted by Gasteiger charge is -2.52. The zero-order valence-corrected chi connectivity index (χ0v) is 30.4. The van der Waals surface area contributed by atoms with Crippen LogP contribution < -0.4 is 5.32 Å². The maximum absolute atomic E-state index is 14.5. The highest BCUT2D eigenvalue weighted by atomic mass is 32.1. The summed E-state index contributed by atoms with van der Waals surface area (Å²) in [5, 5.41) is 13.1. The molecule has 2 N–H and O–H groups in total. The van der Waals surface area contributed by atoms with Crippen molar-refractivity contribution in [1.29, 1.82) is 0 Å². The molecule has 5 aliphatic rings.